The predicted octanol–water partition coefficient (Wildman–Crippen LogP) is 5.15. The highest BCUT2D eigenvalue weighted by atomic mass is 28.4. The highest BCUT2D eigenvalue weighted by Crippen LogP contribution is 2.44. The Labute approximate surface area is 161 Å². The van der Waals surface area contributed by atoms with Crippen molar-refractivity contribution in [1.29, 1.82) is 0 Å². The van der Waals surface area contributed by atoms with Crippen LogP contribution in [0.3, 0.4) is 0 Å². The van der Waals surface area contributed by atoms with Gasteiger partial charge in [0.1, 0.15) is 17.3 Å². The van der Waals surface area contributed by atoms with Gasteiger partial charge in [-0.1, -0.05) is 54.6 Å². The molecule has 0 aliphatic heterocycles. The molecule has 1 aliphatic rings. The molecule has 5 heteroatoms. The SMILES string of the molecule is CO[Si](OC)(Oc1ccccc1)C1(C)C=CC=C(Oc2ccccc2)C=C1. The average molecular weight is 381 g/mol. The summed E-state index contributed by atoms with van der Waals surface area (Å²) in [6.07, 6.45) is 9.86. The maximum Gasteiger partial charge on any atom is 0.579 e. The Morgan fingerprint density at radius 1 is 0.778 bits per heavy atom. The predicted molar refractivity (Wildman–Crippen MR) is 109 cm³/mol. The van der Waals surface area contributed by atoms with Crippen LogP contribution < -0.4 is 9.16 Å². The zero-order chi connectivity index (χ0) is 19.2. The Kier molecular flexibility index (Phi) is 5.96. The van der Waals surface area contributed by atoms with Gasteiger partial charge in [0.2, 0.25) is 0 Å². The van der Waals surface area contributed by atoms with E-state index < -0.39 is 13.8 Å². The lowest BCUT2D eigenvalue weighted by Gasteiger charge is -2.37. The first-order valence-corrected chi connectivity index (χ1v) is 10.5. The molecule has 0 heterocycles. The van der Waals surface area contributed by atoms with Crippen LogP contribution in [0, 0.1) is 0 Å². The van der Waals surface area contributed by atoms with Crippen molar-refractivity contribution in [2.24, 2.45) is 0 Å². The van der Waals surface area contributed by atoms with Gasteiger partial charge in [-0.15, -0.1) is 0 Å². The Balaban J connectivity index is 1.86. The summed E-state index contributed by atoms with van der Waals surface area (Å²) in [4.78, 5) is 0. The third-order valence-electron chi connectivity index (χ3n) is 4.47. The average Bonchev–Trinajstić information content (AvgIpc) is 2.90. The van der Waals surface area contributed by atoms with E-state index in [0.29, 0.717) is 5.75 Å². The van der Waals surface area contributed by atoms with Crippen LogP contribution in [0.4, 0.5) is 0 Å². The highest BCUT2D eigenvalue weighted by Gasteiger charge is 2.57. The number of ether oxygens (including phenoxy) is 1. The van der Waals surface area contributed by atoms with Crippen LogP contribution in [0.15, 0.2) is 96.8 Å². The van der Waals surface area contributed by atoms with Gasteiger partial charge in [-0.2, -0.15) is 0 Å². The molecule has 0 aromatic heterocycles. The number of allylic oxidation sites excluding steroid dienone is 5. The van der Waals surface area contributed by atoms with Crippen molar-refractivity contribution in [2.45, 2.75) is 12.0 Å². The van der Waals surface area contributed by atoms with Crippen LogP contribution in [0.25, 0.3) is 0 Å². The maximum absolute atomic E-state index is 6.28. The smallest absolute Gasteiger partial charge is 0.500 e. The fraction of sp³-hybridized carbons (Fsp3) is 0.182. The van der Waals surface area contributed by atoms with Gasteiger partial charge in [0.25, 0.3) is 0 Å². The summed E-state index contributed by atoms with van der Waals surface area (Å²) in [7, 11) is 0.136. The number of hydrogen-bond donors (Lipinski definition) is 0. The van der Waals surface area contributed by atoms with Gasteiger partial charge in [-0.3, -0.25) is 0 Å². The molecule has 0 saturated carbocycles. The fourth-order valence-corrected chi connectivity index (χ4v) is 5.43. The summed E-state index contributed by atoms with van der Waals surface area (Å²) in [5.74, 6) is 2.23. The summed E-state index contributed by atoms with van der Waals surface area (Å²) < 4.78 is 24.0. The van der Waals surface area contributed by atoms with Gasteiger partial charge in [0.05, 0.1) is 5.04 Å². The molecule has 0 spiro atoms. The number of para-hydroxylation sites is 2. The molecule has 1 aliphatic carbocycles. The summed E-state index contributed by atoms with van der Waals surface area (Å²) in [6.45, 7) is 2.04. The molecule has 27 heavy (non-hydrogen) atoms. The van der Waals surface area contributed by atoms with Crippen molar-refractivity contribution < 1.29 is 18.0 Å². The second-order valence-electron chi connectivity index (χ2n) is 6.34. The molecule has 0 amide bonds. The van der Waals surface area contributed by atoms with E-state index >= 15 is 0 Å². The Morgan fingerprint density at radius 2 is 1.37 bits per heavy atom. The van der Waals surface area contributed by atoms with Crippen molar-refractivity contribution in [3.8, 4) is 11.5 Å². The van der Waals surface area contributed by atoms with E-state index in [1.807, 2.05) is 98.0 Å². The van der Waals surface area contributed by atoms with E-state index in [-0.39, 0.29) is 0 Å². The van der Waals surface area contributed by atoms with E-state index in [4.69, 9.17) is 18.0 Å². The normalized spacial score (nSPS) is 19.3. The van der Waals surface area contributed by atoms with Gasteiger partial charge in [0.15, 0.2) is 0 Å². The Morgan fingerprint density at radius 3 is 1.96 bits per heavy atom. The molecule has 0 bridgehead atoms. The zero-order valence-electron chi connectivity index (χ0n) is 15.8. The fourth-order valence-electron chi connectivity index (χ4n) is 2.97. The quantitative estimate of drug-likeness (QED) is 0.623. The van der Waals surface area contributed by atoms with Crippen molar-refractivity contribution in [2.75, 3.05) is 14.2 Å². The molecule has 2 aromatic carbocycles. The number of hydrogen-bond acceptors (Lipinski definition) is 4. The highest BCUT2D eigenvalue weighted by molar-refractivity contribution is 6.66. The van der Waals surface area contributed by atoms with Crippen LogP contribution in [0.2, 0.25) is 5.04 Å². The van der Waals surface area contributed by atoms with E-state index in [9.17, 15) is 0 Å². The molecular weight excluding hydrogens is 356 g/mol. The molecule has 4 nitrogen and oxygen atoms in total. The molecule has 1 unspecified atom stereocenters. The minimum absolute atomic E-state index is 0.565. The number of rotatable bonds is 7. The van der Waals surface area contributed by atoms with Crippen LogP contribution in [-0.4, -0.2) is 23.0 Å². The molecule has 0 N–H and O–H groups in total. The summed E-state index contributed by atoms with van der Waals surface area (Å²) >= 11 is 0. The first kappa shape index (κ1) is 19.2. The molecule has 140 valence electrons. The van der Waals surface area contributed by atoms with Crippen LogP contribution >= 0.6 is 0 Å². The standard InChI is InChI=1S/C22H24O4Si/c1-22(27(23-2,24-3)26-21-13-8-5-9-14-21)17-10-15-20(16-18-22)25-19-11-6-4-7-12-19/h4-18H,1-3H3. The Bertz CT molecular complexity index is 826. The van der Waals surface area contributed by atoms with E-state index in [2.05, 4.69) is 0 Å². The van der Waals surface area contributed by atoms with Gasteiger partial charge >= 0.3 is 8.80 Å². The summed E-state index contributed by atoms with van der Waals surface area (Å²) in [5, 5.41) is -0.565. The van der Waals surface area contributed by atoms with E-state index in [1.54, 1.807) is 14.2 Å². The van der Waals surface area contributed by atoms with Crippen LogP contribution in [0.5, 0.6) is 11.5 Å². The molecule has 0 fully saturated rings. The van der Waals surface area contributed by atoms with Crippen LogP contribution in [-0.2, 0) is 8.85 Å². The molecule has 2 aromatic rings. The molecule has 1 atom stereocenters. The molecule has 0 saturated heterocycles. The van der Waals surface area contributed by atoms with Gasteiger partial charge in [-0.05, 0) is 43.3 Å². The topological polar surface area (TPSA) is 36.9 Å². The lowest BCUT2D eigenvalue weighted by atomic mass is 10.1. The minimum Gasteiger partial charge on any atom is -0.500 e. The first-order chi connectivity index (χ1) is 13.1. The lowest BCUT2D eigenvalue weighted by molar-refractivity contribution is 0.144. The maximum atomic E-state index is 6.28. The van der Waals surface area contributed by atoms with E-state index in [1.165, 1.54) is 0 Å². The Hall–Kier alpha value is -2.60. The van der Waals surface area contributed by atoms with Crippen molar-refractivity contribution in [1.82, 2.24) is 0 Å². The second kappa shape index (κ2) is 8.39. The first-order valence-electron chi connectivity index (χ1n) is 8.77. The van der Waals surface area contributed by atoms with Gasteiger partial charge in [-0.25, -0.2) is 0 Å². The third kappa shape index (κ3) is 4.22. The van der Waals surface area contributed by atoms with E-state index in [0.717, 1.165) is 11.5 Å². The second-order valence-corrected chi connectivity index (χ2v) is 9.55. The molecular formula is C22H24O4Si. The van der Waals surface area contributed by atoms with Gasteiger partial charge in [0, 0.05) is 14.2 Å². The minimum atomic E-state index is -3.12. The van der Waals surface area contributed by atoms with Crippen LogP contribution in [0.1, 0.15) is 6.92 Å². The van der Waals surface area contributed by atoms with Crippen molar-refractivity contribution in [3.05, 3.63) is 96.8 Å². The monoisotopic (exact) mass is 380 g/mol. The largest absolute Gasteiger partial charge is 0.579 e. The van der Waals surface area contributed by atoms with Crippen molar-refractivity contribution >= 4 is 8.80 Å². The summed E-state index contributed by atoms with van der Waals surface area (Å²) in [5.41, 5.74) is 0. The zero-order valence-corrected chi connectivity index (χ0v) is 16.8. The molecule has 0 radical (unpaired) electrons. The summed E-state index contributed by atoms with van der Waals surface area (Å²) in [6, 6.07) is 19.3. The number of benzene rings is 2. The van der Waals surface area contributed by atoms with Crippen molar-refractivity contribution in [3.63, 3.8) is 0 Å². The molecule has 3 rings (SSSR count). The lowest BCUT2D eigenvalue weighted by Crippen LogP contribution is -2.55. The van der Waals surface area contributed by atoms with Gasteiger partial charge < -0.3 is 18.0 Å². The third-order valence-corrected chi connectivity index (χ3v) is 7.70.